The van der Waals surface area contributed by atoms with Crippen molar-refractivity contribution in [2.45, 2.75) is 13.0 Å². The minimum Gasteiger partial charge on any atom is -0.391 e. The summed E-state index contributed by atoms with van der Waals surface area (Å²) in [6.45, 7) is 3.65. The van der Waals surface area contributed by atoms with Gasteiger partial charge in [0.05, 0.1) is 11.8 Å². The van der Waals surface area contributed by atoms with Crippen LogP contribution >= 0.6 is 28.3 Å². The summed E-state index contributed by atoms with van der Waals surface area (Å²) in [7, 11) is 0. The van der Waals surface area contributed by atoms with E-state index in [-0.39, 0.29) is 24.2 Å². The first kappa shape index (κ1) is 18.9. The standard InChI is InChI=1S/C16H19BrN4O2.ClH/c1-10-6-14(16(23)19-8-11-7-18-9-15(11)22)20-21(10)13-4-2-12(17)3-5-13;/h2-6,11,15,18,22H,7-9H2,1H3,(H,19,23);1H. The molecule has 3 N–H and O–H groups in total. The van der Waals surface area contributed by atoms with Gasteiger partial charge in [0, 0.05) is 35.7 Å². The van der Waals surface area contributed by atoms with Crippen LogP contribution in [0.4, 0.5) is 0 Å². The Morgan fingerprint density at radius 1 is 1.42 bits per heavy atom. The van der Waals surface area contributed by atoms with Crippen LogP contribution in [0.3, 0.4) is 0 Å². The number of halogens is 2. The van der Waals surface area contributed by atoms with Crippen LogP contribution in [0.15, 0.2) is 34.8 Å². The molecule has 8 heteroatoms. The third-order valence-electron chi connectivity index (χ3n) is 4.02. The molecule has 6 nitrogen and oxygen atoms in total. The molecule has 1 aliphatic rings. The van der Waals surface area contributed by atoms with Crippen LogP contribution in [-0.2, 0) is 0 Å². The SMILES string of the molecule is Cc1cc(C(=O)NCC2CNCC2O)nn1-c1ccc(Br)cc1.Cl. The van der Waals surface area contributed by atoms with Gasteiger partial charge in [0.15, 0.2) is 5.69 Å². The predicted molar refractivity (Wildman–Crippen MR) is 97.9 cm³/mol. The lowest BCUT2D eigenvalue weighted by Gasteiger charge is -2.13. The third kappa shape index (κ3) is 4.16. The fourth-order valence-electron chi connectivity index (χ4n) is 2.67. The molecule has 0 saturated carbocycles. The number of carbonyl (C=O) groups excluding carboxylic acids is 1. The molecule has 2 heterocycles. The summed E-state index contributed by atoms with van der Waals surface area (Å²) in [5, 5.41) is 20.1. The quantitative estimate of drug-likeness (QED) is 0.710. The Morgan fingerprint density at radius 3 is 2.75 bits per heavy atom. The van der Waals surface area contributed by atoms with Gasteiger partial charge in [-0.15, -0.1) is 12.4 Å². The van der Waals surface area contributed by atoms with Gasteiger partial charge in [-0.1, -0.05) is 15.9 Å². The van der Waals surface area contributed by atoms with Crippen molar-refractivity contribution < 1.29 is 9.90 Å². The van der Waals surface area contributed by atoms with Crippen LogP contribution in [0.1, 0.15) is 16.2 Å². The Kier molecular flexibility index (Phi) is 6.40. The van der Waals surface area contributed by atoms with E-state index >= 15 is 0 Å². The molecule has 0 radical (unpaired) electrons. The lowest BCUT2D eigenvalue weighted by atomic mass is 10.1. The van der Waals surface area contributed by atoms with Crippen LogP contribution < -0.4 is 10.6 Å². The van der Waals surface area contributed by atoms with E-state index in [0.717, 1.165) is 15.9 Å². The number of nitrogens with zero attached hydrogens (tertiary/aromatic N) is 2. The molecule has 130 valence electrons. The van der Waals surface area contributed by atoms with Gasteiger partial charge in [0.2, 0.25) is 0 Å². The first-order chi connectivity index (χ1) is 11.0. The molecule has 24 heavy (non-hydrogen) atoms. The Balaban J connectivity index is 0.00000208. The van der Waals surface area contributed by atoms with Gasteiger partial charge >= 0.3 is 0 Å². The van der Waals surface area contributed by atoms with E-state index in [1.54, 1.807) is 10.7 Å². The topological polar surface area (TPSA) is 79.2 Å². The highest BCUT2D eigenvalue weighted by atomic mass is 79.9. The number of carbonyl (C=O) groups is 1. The van der Waals surface area contributed by atoms with Gasteiger partial charge in [0.1, 0.15) is 0 Å². The third-order valence-corrected chi connectivity index (χ3v) is 4.55. The maximum absolute atomic E-state index is 12.3. The molecule has 1 saturated heterocycles. The smallest absolute Gasteiger partial charge is 0.271 e. The first-order valence-electron chi connectivity index (χ1n) is 7.54. The van der Waals surface area contributed by atoms with E-state index in [1.807, 2.05) is 31.2 Å². The zero-order chi connectivity index (χ0) is 16.4. The number of hydrogen-bond donors (Lipinski definition) is 3. The molecule has 1 aromatic carbocycles. The zero-order valence-corrected chi connectivity index (χ0v) is 15.6. The molecule has 0 bridgehead atoms. The highest BCUT2D eigenvalue weighted by Gasteiger charge is 2.25. The van der Waals surface area contributed by atoms with Gasteiger partial charge in [-0.25, -0.2) is 4.68 Å². The summed E-state index contributed by atoms with van der Waals surface area (Å²) >= 11 is 3.40. The van der Waals surface area contributed by atoms with E-state index in [1.165, 1.54) is 0 Å². The molecule has 1 amide bonds. The molecule has 2 unspecified atom stereocenters. The van der Waals surface area contributed by atoms with E-state index in [9.17, 15) is 9.90 Å². The van der Waals surface area contributed by atoms with E-state index < -0.39 is 6.10 Å². The van der Waals surface area contributed by atoms with Crippen molar-refractivity contribution in [3.05, 3.63) is 46.2 Å². The summed E-state index contributed by atoms with van der Waals surface area (Å²) in [5.74, 6) is -0.170. The van der Waals surface area contributed by atoms with Gasteiger partial charge in [-0.3, -0.25) is 4.79 Å². The maximum atomic E-state index is 12.3. The van der Waals surface area contributed by atoms with Crippen LogP contribution in [-0.4, -0.2) is 46.5 Å². The molecular formula is C16H20BrClN4O2. The number of rotatable bonds is 4. The molecule has 1 fully saturated rings. The first-order valence-corrected chi connectivity index (χ1v) is 8.33. The minimum absolute atomic E-state index is 0. The zero-order valence-electron chi connectivity index (χ0n) is 13.2. The number of aliphatic hydroxyl groups excluding tert-OH is 1. The maximum Gasteiger partial charge on any atom is 0.271 e. The number of hydrogen-bond acceptors (Lipinski definition) is 4. The Bertz CT molecular complexity index is 705. The molecule has 1 aromatic heterocycles. The van der Waals surface area contributed by atoms with Gasteiger partial charge < -0.3 is 15.7 Å². The van der Waals surface area contributed by atoms with Crippen molar-refractivity contribution in [2.24, 2.45) is 5.92 Å². The number of amides is 1. The van der Waals surface area contributed by atoms with Crippen LogP contribution in [0.25, 0.3) is 5.69 Å². The van der Waals surface area contributed by atoms with Crippen molar-refractivity contribution in [1.29, 1.82) is 0 Å². The molecule has 0 aliphatic carbocycles. The lowest BCUT2D eigenvalue weighted by molar-refractivity contribution is 0.0921. The second-order valence-electron chi connectivity index (χ2n) is 5.75. The normalized spacial score (nSPS) is 19.8. The van der Waals surface area contributed by atoms with E-state index in [0.29, 0.717) is 25.3 Å². The number of benzene rings is 1. The van der Waals surface area contributed by atoms with Crippen molar-refractivity contribution in [3.63, 3.8) is 0 Å². The van der Waals surface area contributed by atoms with Gasteiger partial charge in [0.25, 0.3) is 5.91 Å². The number of aliphatic hydroxyl groups is 1. The molecule has 0 spiro atoms. The second kappa shape index (κ2) is 8.11. The van der Waals surface area contributed by atoms with E-state index in [4.69, 9.17) is 0 Å². The number of aromatic nitrogens is 2. The average Bonchev–Trinajstić information content (AvgIpc) is 3.12. The fraction of sp³-hybridized carbons (Fsp3) is 0.375. The Labute approximate surface area is 155 Å². The summed E-state index contributed by atoms with van der Waals surface area (Å²) in [4.78, 5) is 12.3. The van der Waals surface area contributed by atoms with Crippen LogP contribution in [0.2, 0.25) is 0 Å². The number of β-amino-alcohol motifs (C(OH)–C–C–N with tert-alkyl or cyclic N) is 1. The molecule has 3 rings (SSSR count). The van der Waals surface area contributed by atoms with Gasteiger partial charge in [-0.05, 0) is 37.3 Å². The number of aryl methyl sites for hydroxylation is 1. The minimum atomic E-state index is -0.405. The Hall–Kier alpha value is -1.41. The van der Waals surface area contributed by atoms with Crippen molar-refractivity contribution in [2.75, 3.05) is 19.6 Å². The van der Waals surface area contributed by atoms with Crippen LogP contribution in [0.5, 0.6) is 0 Å². The summed E-state index contributed by atoms with van der Waals surface area (Å²) in [6, 6.07) is 9.51. The summed E-state index contributed by atoms with van der Waals surface area (Å²) in [6.07, 6.45) is -0.405. The predicted octanol–water partition coefficient (Wildman–Crippen LogP) is 1.68. The molecule has 1 aliphatic heterocycles. The highest BCUT2D eigenvalue weighted by molar-refractivity contribution is 9.10. The van der Waals surface area contributed by atoms with Crippen molar-refractivity contribution in [3.8, 4) is 5.69 Å². The summed E-state index contributed by atoms with van der Waals surface area (Å²) in [5.41, 5.74) is 2.17. The van der Waals surface area contributed by atoms with Gasteiger partial charge in [-0.2, -0.15) is 5.10 Å². The monoisotopic (exact) mass is 414 g/mol. The fourth-order valence-corrected chi connectivity index (χ4v) is 2.94. The molecule has 2 atom stereocenters. The van der Waals surface area contributed by atoms with Crippen molar-refractivity contribution >= 4 is 34.2 Å². The molecular weight excluding hydrogens is 396 g/mol. The number of nitrogens with one attached hydrogen (secondary N) is 2. The van der Waals surface area contributed by atoms with E-state index in [2.05, 4.69) is 31.7 Å². The second-order valence-corrected chi connectivity index (χ2v) is 6.67. The molecule has 2 aromatic rings. The van der Waals surface area contributed by atoms with Crippen LogP contribution in [0, 0.1) is 12.8 Å². The Morgan fingerprint density at radius 2 is 2.12 bits per heavy atom. The average molecular weight is 416 g/mol. The highest BCUT2D eigenvalue weighted by Crippen LogP contribution is 2.16. The van der Waals surface area contributed by atoms with Crippen molar-refractivity contribution in [1.82, 2.24) is 20.4 Å². The largest absolute Gasteiger partial charge is 0.391 e. The summed E-state index contributed by atoms with van der Waals surface area (Å²) < 4.78 is 2.74. The lowest BCUT2D eigenvalue weighted by Crippen LogP contribution is -2.34.